The molecule has 160 valence electrons. The van der Waals surface area contributed by atoms with Crippen molar-refractivity contribution < 1.29 is 18.7 Å². The van der Waals surface area contributed by atoms with E-state index in [1.54, 1.807) is 43.3 Å². The Labute approximate surface area is 185 Å². The molecule has 1 spiro atoms. The molecule has 0 saturated heterocycles. The highest BCUT2D eigenvalue weighted by molar-refractivity contribution is 6.34. The molecule has 0 atom stereocenters. The van der Waals surface area contributed by atoms with Crippen LogP contribution in [0.2, 0.25) is 5.02 Å². The molecular formula is C25H24ClNO4. The van der Waals surface area contributed by atoms with Crippen LogP contribution in [0.5, 0.6) is 5.75 Å². The van der Waals surface area contributed by atoms with Gasteiger partial charge in [0.25, 0.3) is 5.91 Å². The van der Waals surface area contributed by atoms with E-state index in [2.05, 4.69) is 12.2 Å². The van der Waals surface area contributed by atoms with Crippen molar-refractivity contribution in [1.82, 2.24) is 0 Å². The maximum absolute atomic E-state index is 13.3. The Kier molecular flexibility index (Phi) is 4.82. The number of aryl methyl sites for hydroxylation is 1. The maximum Gasteiger partial charge on any atom is 0.291 e. The first-order valence-corrected chi connectivity index (χ1v) is 11.1. The summed E-state index contributed by atoms with van der Waals surface area (Å²) in [7, 11) is 0. The number of hydrogen-bond acceptors (Lipinski definition) is 4. The molecule has 0 unspecified atom stereocenters. The molecule has 6 heteroatoms. The summed E-state index contributed by atoms with van der Waals surface area (Å²) in [4.78, 5) is 26.2. The summed E-state index contributed by atoms with van der Waals surface area (Å²) in [5.41, 5.74) is 1.77. The highest BCUT2D eigenvalue weighted by Gasteiger charge is 2.43. The lowest BCUT2D eigenvalue weighted by Crippen LogP contribution is -2.44. The average Bonchev–Trinajstić information content (AvgIpc) is 3.09. The minimum atomic E-state index is -0.405. The molecule has 5 nitrogen and oxygen atoms in total. The molecule has 1 fully saturated rings. The highest BCUT2D eigenvalue weighted by Crippen LogP contribution is 2.46. The molecule has 1 aliphatic heterocycles. The Morgan fingerprint density at radius 3 is 2.65 bits per heavy atom. The fourth-order valence-corrected chi connectivity index (χ4v) is 5.04. The summed E-state index contributed by atoms with van der Waals surface area (Å²) in [5, 5.41) is 3.89. The van der Waals surface area contributed by atoms with E-state index < -0.39 is 11.5 Å². The number of rotatable bonds is 2. The Morgan fingerprint density at radius 2 is 1.90 bits per heavy atom. The van der Waals surface area contributed by atoms with Gasteiger partial charge in [-0.25, -0.2) is 0 Å². The van der Waals surface area contributed by atoms with E-state index in [1.165, 1.54) is 0 Å². The van der Waals surface area contributed by atoms with E-state index in [-0.39, 0.29) is 11.5 Å². The van der Waals surface area contributed by atoms with Gasteiger partial charge in [0.1, 0.15) is 16.9 Å². The molecule has 31 heavy (non-hydrogen) atoms. The van der Waals surface area contributed by atoms with Crippen LogP contribution in [0.3, 0.4) is 0 Å². The minimum absolute atomic E-state index is 0.0587. The predicted octanol–water partition coefficient (Wildman–Crippen LogP) is 6.56. The quantitative estimate of drug-likeness (QED) is 0.492. The second-order valence-electron chi connectivity index (χ2n) is 8.87. The second-order valence-corrected chi connectivity index (χ2v) is 9.28. The number of para-hydroxylation sites is 1. The van der Waals surface area contributed by atoms with Crippen LogP contribution >= 0.6 is 11.6 Å². The highest BCUT2D eigenvalue weighted by atomic mass is 35.5. The summed E-state index contributed by atoms with van der Waals surface area (Å²) in [6.45, 7) is 4.05. The molecule has 2 aliphatic rings. The average molecular weight is 438 g/mol. The topological polar surface area (TPSA) is 68.5 Å². The van der Waals surface area contributed by atoms with Crippen molar-refractivity contribution >= 4 is 39.9 Å². The lowest BCUT2D eigenvalue weighted by Gasteiger charge is -2.42. The lowest BCUT2D eigenvalue weighted by atomic mass is 9.74. The minimum Gasteiger partial charge on any atom is -0.486 e. The van der Waals surface area contributed by atoms with Gasteiger partial charge in [0.2, 0.25) is 0 Å². The Bertz CT molecular complexity index is 1200. The number of ketones is 1. The predicted molar refractivity (Wildman–Crippen MR) is 120 cm³/mol. The number of hydrogen-bond donors (Lipinski definition) is 1. The van der Waals surface area contributed by atoms with Gasteiger partial charge >= 0.3 is 0 Å². The van der Waals surface area contributed by atoms with Crippen molar-refractivity contribution in [3.05, 3.63) is 58.3 Å². The number of anilines is 1. The van der Waals surface area contributed by atoms with Gasteiger partial charge < -0.3 is 14.5 Å². The van der Waals surface area contributed by atoms with Crippen molar-refractivity contribution in [2.24, 2.45) is 5.92 Å². The molecule has 1 aromatic heterocycles. The van der Waals surface area contributed by atoms with Crippen molar-refractivity contribution in [2.45, 2.75) is 51.6 Å². The van der Waals surface area contributed by atoms with Crippen LogP contribution in [-0.4, -0.2) is 17.3 Å². The first kappa shape index (κ1) is 20.1. The van der Waals surface area contributed by atoms with Gasteiger partial charge in [-0.15, -0.1) is 0 Å². The molecule has 2 heterocycles. The van der Waals surface area contributed by atoms with Crippen molar-refractivity contribution in [3.8, 4) is 5.75 Å². The first-order chi connectivity index (χ1) is 14.9. The fraction of sp³-hybridized carbons (Fsp3) is 0.360. The third kappa shape index (κ3) is 3.41. The molecular weight excluding hydrogens is 414 g/mol. The lowest BCUT2D eigenvalue weighted by molar-refractivity contribution is 0.00430. The van der Waals surface area contributed by atoms with Gasteiger partial charge in [0.15, 0.2) is 11.5 Å². The molecule has 0 radical (unpaired) electrons. The molecule has 1 amide bonds. The van der Waals surface area contributed by atoms with E-state index in [0.717, 1.165) is 25.7 Å². The number of amides is 1. The summed E-state index contributed by atoms with van der Waals surface area (Å²) in [5.74, 6) is 1.09. The van der Waals surface area contributed by atoms with Crippen molar-refractivity contribution in [1.29, 1.82) is 0 Å². The van der Waals surface area contributed by atoms with Gasteiger partial charge in [0.05, 0.1) is 22.7 Å². The smallest absolute Gasteiger partial charge is 0.291 e. The van der Waals surface area contributed by atoms with Crippen LogP contribution in [0.25, 0.3) is 11.0 Å². The van der Waals surface area contributed by atoms with Crippen LogP contribution in [0, 0.1) is 12.8 Å². The number of Topliss-reactive ketones (excluding diaryl/α,β-unsaturated/α-hetero) is 1. The molecule has 2 aromatic carbocycles. The van der Waals surface area contributed by atoms with Crippen LogP contribution in [0.15, 0.2) is 40.8 Å². The number of carbonyl (C=O) groups is 2. The summed E-state index contributed by atoms with van der Waals surface area (Å²) in [6, 6.07) is 10.6. The van der Waals surface area contributed by atoms with Crippen LogP contribution in [-0.2, 0) is 0 Å². The largest absolute Gasteiger partial charge is 0.486 e. The summed E-state index contributed by atoms with van der Waals surface area (Å²) >= 11 is 6.16. The zero-order valence-corrected chi connectivity index (χ0v) is 18.3. The second kappa shape index (κ2) is 7.41. The van der Waals surface area contributed by atoms with E-state index in [4.69, 9.17) is 20.8 Å². The van der Waals surface area contributed by atoms with Crippen molar-refractivity contribution in [2.75, 3.05) is 5.32 Å². The van der Waals surface area contributed by atoms with Crippen molar-refractivity contribution in [3.63, 3.8) is 0 Å². The van der Waals surface area contributed by atoms with Gasteiger partial charge in [-0.3, -0.25) is 9.59 Å². The van der Waals surface area contributed by atoms with Gasteiger partial charge in [-0.2, -0.15) is 0 Å². The number of carbonyl (C=O) groups excluding carboxylic acids is 2. The molecule has 5 rings (SSSR count). The standard InChI is InChI=1S/C25H24ClNO4/c1-14-9-11-25(12-10-14)13-18(28)22-20(31-25)8-7-19-21(22)15(2)23(30-19)24(29)27-17-6-4-3-5-16(17)26/h3-8,14H,9-13H2,1-2H3,(H,27,29). The van der Waals surface area contributed by atoms with E-state index in [0.29, 0.717) is 50.9 Å². The maximum atomic E-state index is 13.3. The zero-order chi connectivity index (χ0) is 21.8. The third-order valence-corrected chi connectivity index (χ3v) is 6.99. The SMILES string of the molecule is Cc1c(C(=O)Nc2ccccc2Cl)oc2ccc3c(c12)C(=O)CC1(CCC(C)CC1)O3. The Hall–Kier alpha value is -2.79. The molecule has 1 aliphatic carbocycles. The van der Waals surface area contributed by atoms with Gasteiger partial charge in [-0.05, 0) is 62.8 Å². The monoisotopic (exact) mass is 437 g/mol. The van der Waals surface area contributed by atoms with Crippen LogP contribution in [0.4, 0.5) is 5.69 Å². The number of halogens is 1. The van der Waals surface area contributed by atoms with E-state index >= 15 is 0 Å². The van der Waals surface area contributed by atoms with Gasteiger partial charge in [-0.1, -0.05) is 30.7 Å². The molecule has 1 N–H and O–H groups in total. The molecule has 0 bridgehead atoms. The summed E-state index contributed by atoms with van der Waals surface area (Å²) in [6.07, 6.45) is 4.31. The van der Waals surface area contributed by atoms with Gasteiger partial charge in [0, 0.05) is 10.9 Å². The Morgan fingerprint density at radius 1 is 1.16 bits per heavy atom. The third-order valence-electron chi connectivity index (χ3n) is 6.66. The van der Waals surface area contributed by atoms with Crippen LogP contribution < -0.4 is 10.1 Å². The fourth-order valence-electron chi connectivity index (χ4n) is 4.86. The number of ether oxygens (including phenoxy) is 1. The number of benzene rings is 2. The number of furan rings is 1. The van der Waals surface area contributed by atoms with E-state index in [9.17, 15) is 9.59 Å². The van der Waals surface area contributed by atoms with E-state index in [1.807, 2.05) is 0 Å². The summed E-state index contributed by atoms with van der Waals surface area (Å²) < 4.78 is 12.3. The normalized spacial score (nSPS) is 22.9. The first-order valence-electron chi connectivity index (χ1n) is 10.7. The molecule has 3 aromatic rings. The number of fused-ring (bicyclic) bond motifs is 3. The number of nitrogens with one attached hydrogen (secondary N) is 1. The Balaban J connectivity index is 1.52. The zero-order valence-electron chi connectivity index (χ0n) is 17.6. The molecule has 1 saturated carbocycles. The van der Waals surface area contributed by atoms with Crippen LogP contribution in [0.1, 0.15) is 65.5 Å².